The van der Waals surface area contributed by atoms with E-state index in [4.69, 9.17) is 14.0 Å². The maximum Gasteiger partial charge on any atom is 0 e. The molecule has 0 spiro atoms. The van der Waals surface area contributed by atoms with Crippen LogP contribution in [0, 0.1) is 33.8 Å². The Kier molecular flexibility index (Phi) is 36.4. The molecule has 1 rings (SSSR count). The van der Waals surface area contributed by atoms with Crippen LogP contribution >= 0.6 is 0 Å². The summed E-state index contributed by atoms with van der Waals surface area (Å²) in [6.45, 7) is 17.7. The molecule has 0 saturated carbocycles. The summed E-state index contributed by atoms with van der Waals surface area (Å²) in [4.78, 5) is 0. The van der Waals surface area contributed by atoms with E-state index in [-0.39, 0.29) is 17.1 Å². The zero-order valence-electron chi connectivity index (χ0n) is 8.41. The second kappa shape index (κ2) is 23.1. The van der Waals surface area contributed by atoms with Gasteiger partial charge in [0.2, 0.25) is 0 Å². The van der Waals surface area contributed by atoms with Crippen molar-refractivity contribution in [1.82, 2.24) is 0 Å². The van der Waals surface area contributed by atoms with Gasteiger partial charge in [-0.25, -0.2) is 0 Å². The van der Waals surface area contributed by atoms with Crippen LogP contribution < -0.4 is 0 Å². The molecule has 0 amide bonds. The Labute approximate surface area is 101 Å². The van der Waals surface area contributed by atoms with E-state index >= 15 is 0 Å². The van der Waals surface area contributed by atoms with Crippen molar-refractivity contribution in [2.24, 2.45) is 0 Å². The van der Waals surface area contributed by atoms with Crippen molar-refractivity contribution >= 4 is 0 Å². The molecule has 1 aromatic rings. The maximum absolute atomic E-state index is 7.50. The zero-order chi connectivity index (χ0) is 12.0. The van der Waals surface area contributed by atoms with Gasteiger partial charge in [0.25, 0.3) is 0 Å². The third-order valence-electron chi connectivity index (χ3n) is 1.22. The van der Waals surface area contributed by atoms with Gasteiger partial charge in [-0.2, -0.15) is 0 Å². The van der Waals surface area contributed by atoms with E-state index in [1.807, 2.05) is 0 Å². The number of aryl methyl sites for hydroxylation is 2. The van der Waals surface area contributed by atoms with E-state index in [1.165, 1.54) is 11.1 Å². The normalized spacial score (nSPS) is 5.33. The summed E-state index contributed by atoms with van der Waals surface area (Å²) in [7, 11) is 0. The molecule has 0 bridgehead atoms. The van der Waals surface area contributed by atoms with Crippen LogP contribution in [0.4, 0.5) is 0 Å². The van der Waals surface area contributed by atoms with Gasteiger partial charge in [-0.3, -0.25) is 0 Å². The zero-order valence-corrected chi connectivity index (χ0v) is 9.59. The van der Waals surface area contributed by atoms with Gasteiger partial charge in [-0.05, 0) is 13.8 Å². The second-order valence-electron chi connectivity index (χ2n) is 2.15. The Balaban J connectivity index is -0.0000000755. The molecule has 1 radical (unpaired) electrons. The van der Waals surface area contributed by atoms with Crippen molar-refractivity contribution in [3.8, 4) is 0 Å². The molecule has 0 aliphatic rings. The molecule has 0 aromatic heterocycles. The first-order valence-corrected chi connectivity index (χ1v) is 3.43. The van der Waals surface area contributed by atoms with Crippen LogP contribution in [0.15, 0.2) is 24.3 Å². The van der Waals surface area contributed by atoms with Crippen molar-refractivity contribution in [2.45, 2.75) is 13.8 Å². The van der Waals surface area contributed by atoms with E-state index < -0.39 is 0 Å². The first kappa shape index (κ1) is 23.6. The van der Waals surface area contributed by atoms with E-state index in [2.05, 4.69) is 58.1 Å². The molecule has 0 aliphatic carbocycles. The molecule has 0 aliphatic heterocycles. The molecule has 79 valence electrons. The summed E-state index contributed by atoms with van der Waals surface area (Å²) in [6, 6.07) is 8.48. The van der Waals surface area contributed by atoms with Crippen LogP contribution in [0.3, 0.4) is 0 Å². The number of rotatable bonds is 0. The molecule has 0 fully saturated rings. The van der Waals surface area contributed by atoms with Crippen molar-refractivity contribution in [2.75, 3.05) is 0 Å². The fraction of sp³-hybridized carbons (Fsp3) is 0.182. The molecule has 0 saturated heterocycles. The van der Waals surface area contributed by atoms with Crippen molar-refractivity contribution in [3.63, 3.8) is 0 Å². The molecule has 3 nitrogen and oxygen atoms in total. The number of benzene rings is 1. The Morgan fingerprint density at radius 3 is 0.933 bits per heavy atom. The molecule has 4 heteroatoms. The summed E-state index contributed by atoms with van der Waals surface area (Å²) in [6.07, 6.45) is 0. The van der Waals surface area contributed by atoms with Crippen LogP contribution in [-0.4, -0.2) is 0 Å². The summed E-state index contributed by atoms with van der Waals surface area (Å²) < 4.78 is 22.5. The molecule has 0 unspecified atom stereocenters. The van der Waals surface area contributed by atoms with Crippen LogP contribution in [0.2, 0.25) is 0 Å². The SMILES string of the molecule is Cc1ccc(C)cc1.[C-]#[O+].[C-]#[O+].[C-]#[O+].[Mn]. The van der Waals surface area contributed by atoms with Crippen molar-refractivity contribution in [1.29, 1.82) is 0 Å². The predicted octanol–water partition coefficient (Wildman–Crippen LogP) is 2.19. The standard InChI is InChI=1S/C8H10.3CO.Mn/c1-7-3-5-8(2)6-4-7;3*1-2;/h3-6H,1-2H3;;;;. The van der Waals surface area contributed by atoms with Crippen LogP contribution in [0.5, 0.6) is 0 Å². The quantitative estimate of drug-likeness (QED) is 0.382. The number of hydrogen-bond acceptors (Lipinski definition) is 0. The van der Waals surface area contributed by atoms with Gasteiger partial charge in [0.05, 0.1) is 0 Å². The molecule has 0 N–H and O–H groups in total. The molecule has 0 heterocycles. The Morgan fingerprint density at radius 2 is 0.800 bits per heavy atom. The van der Waals surface area contributed by atoms with Crippen LogP contribution in [0.1, 0.15) is 11.1 Å². The third-order valence-corrected chi connectivity index (χ3v) is 1.22. The second-order valence-corrected chi connectivity index (χ2v) is 2.15. The summed E-state index contributed by atoms with van der Waals surface area (Å²) in [5.74, 6) is 0. The molecule has 15 heavy (non-hydrogen) atoms. The minimum absolute atomic E-state index is 0. The largest absolute Gasteiger partial charge is 0 e. The first-order valence-electron chi connectivity index (χ1n) is 3.43. The minimum atomic E-state index is 0. The van der Waals surface area contributed by atoms with E-state index in [9.17, 15) is 0 Å². The maximum atomic E-state index is 7.50. The summed E-state index contributed by atoms with van der Waals surface area (Å²) in [5, 5.41) is 0. The fourth-order valence-electron chi connectivity index (χ4n) is 0.637. The van der Waals surface area contributed by atoms with Gasteiger partial charge in [0.1, 0.15) is 0 Å². The monoisotopic (exact) mass is 245 g/mol. The van der Waals surface area contributed by atoms with E-state index in [0.29, 0.717) is 0 Å². The van der Waals surface area contributed by atoms with Gasteiger partial charge in [0.15, 0.2) is 0 Å². The smallest absolute Gasteiger partial charge is 0 e. The Bertz CT molecular complexity index is 237. The van der Waals surface area contributed by atoms with Gasteiger partial charge in [-0.15, -0.1) is 0 Å². The summed E-state index contributed by atoms with van der Waals surface area (Å²) in [5.41, 5.74) is 2.66. The molecule has 1 aromatic carbocycles. The minimum Gasteiger partial charge on any atom is 0 e. The van der Waals surface area contributed by atoms with Gasteiger partial charge in [0, 0.05) is 17.1 Å². The van der Waals surface area contributed by atoms with Crippen LogP contribution in [0.25, 0.3) is 0 Å². The average molecular weight is 245 g/mol. The molecular weight excluding hydrogens is 235 g/mol. The number of hydrogen-bond donors (Lipinski definition) is 0. The third kappa shape index (κ3) is 19.4. The Morgan fingerprint density at radius 1 is 0.667 bits per heavy atom. The van der Waals surface area contributed by atoms with Crippen LogP contribution in [-0.2, 0) is 31.0 Å². The van der Waals surface area contributed by atoms with Gasteiger partial charge in [-0.1, -0.05) is 35.4 Å². The van der Waals surface area contributed by atoms with E-state index in [0.717, 1.165) is 0 Å². The van der Waals surface area contributed by atoms with Crippen molar-refractivity contribution < 1.29 is 31.0 Å². The molecule has 0 atom stereocenters. The fourth-order valence-corrected chi connectivity index (χ4v) is 0.637. The van der Waals surface area contributed by atoms with Gasteiger partial charge < -0.3 is 0 Å². The molecular formula is C11H10MnO3. The first-order chi connectivity index (χ1) is 6.79. The topological polar surface area (TPSA) is 59.7 Å². The predicted molar refractivity (Wildman–Crippen MR) is 47.7 cm³/mol. The van der Waals surface area contributed by atoms with Gasteiger partial charge >= 0.3 is 33.9 Å². The van der Waals surface area contributed by atoms with E-state index in [1.54, 1.807) is 0 Å². The average Bonchev–Trinajstić information content (AvgIpc) is 2.31. The summed E-state index contributed by atoms with van der Waals surface area (Å²) >= 11 is 0. The Hall–Kier alpha value is -1.04. The van der Waals surface area contributed by atoms with Crippen molar-refractivity contribution in [3.05, 3.63) is 55.3 Å².